The van der Waals surface area contributed by atoms with Crippen LogP contribution in [-0.4, -0.2) is 18.0 Å². The van der Waals surface area contributed by atoms with Crippen molar-refractivity contribution in [3.05, 3.63) is 21.9 Å². The fourth-order valence-electron chi connectivity index (χ4n) is 3.18. The van der Waals surface area contributed by atoms with Crippen molar-refractivity contribution in [3.8, 4) is 0 Å². The third-order valence-corrected chi connectivity index (χ3v) is 5.07. The quantitative estimate of drug-likeness (QED) is 0.684. The second-order valence-corrected chi connectivity index (χ2v) is 5.63. The lowest BCUT2D eigenvalue weighted by molar-refractivity contribution is 0.202. The third kappa shape index (κ3) is 1.10. The molecular weight excluding hydrogens is 190 g/mol. The Labute approximate surface area is 89.7 Å². The topological polar surface area (TPSA) is 3.24 Å². The van der Waals surface area contributed by atoms with Crippen molar-refractivity contribution in [2.75, 3.05) is 13.1 Å². The van der Waals surface area contributed by atoms with Gasteiger partial charge in [0.25, 0.3) is 0 Å². The van der Waals surface area contributed by atoms with Gasteiger partial charge >= 0.3 is 0 Å². The van der Waals surface area contributed by atoms with E-state index in [4.69, 9.17) is 0 Å². The van der Waals surface area contributed by atoms with Gasteiger partial charge < -0.3 is 0 Å². The lowest BCUT2D eigenvalue weighted by atomic mass is 9.92. The zero-order valence-corrected chi connectivity index (χ0v) is 9.57. The molecule has 2 fully saturated rings. The van der Waals surface area contributed by atoms with E-state index >= 15 is 0 Å². The first-order valence-corrected chi connectivity index (χ1v) is 6.50. The third-order valence-electron chi connectivity index (χ3n) is 3.83. The van der Waals surface area contributed by atoms with E-state index in [0.29, 0.717) is 5.54 Å². The molecule has 0 N–H and O–H groups in total. The summed E-state index contributed by atoms with van der Waals surface area (Å²) in [4.78, 5) is 4.35. The van der Waals surface area contributed by atoms with Crippen molar-refractivity contribution in [2.45, 2.75) is 38.1 Å². The smallest absolute Gasteiger partial charge is 0.0554 e. The Morgan fingerprint density at radius 3 is 2.57 bits per heavy atom. The summed E-state index contributed by atoms with van der Waals surface area (Å²) in [5, 5.41) is 2.30. The van der Waals surface area contributed by atoms with Crippen LogP contribution in [0.4, 0.5) is 0 Å². The molecule has 1 aromatic heterocycles. The number of fused-ring (bicyclic) bond motifs is 1. The molecule has 0 aromatic carbocycles. The molecule has 2 aliphatic rings. The summed E-state index contributed by atoms with van der Waals surface area (Å²) in [5.74, 6) is 0. The van der Waals surface area contributed by atoms with Crippen molar-refractivity contribution < 1.29 is 0 Å². The first-order valence-electron chi connectivity index (χ1n) is 5.62. The predicted octanol–water partition coefficient (Wildman–Crippen LogP) is 3.14. The molecule has 0 unspecified atom stereocenters. The molecule has 0 saturated carbocycles. The fourth-order valence-corrected chi connectivity index (χ4v) is 4.37. The molecule has 76 valence electrons. The lowest BCUT2D eigenvalue weighted by Crippen LogP contribution is -2.34. The molecule has 2 aliphatic heterocycles. The summed E-state index contributed by atoms with van der Waals surface area (Å²) >= 11 is 1.97. The van der Waals surface area contributed by atoms with E-state index in [9.17, 15) is 0 Å². The minimum Gasteiger partial charge on any atom is -0.293 e. The number of rotatable bonds is 1. The van der Waals surface area contributed by atoms with Gasteiger partial charge in [-0.05, 0) is 62.7 Å². The highest BCUT2D eigenvalue weighted by Crippen LogP contribution is 2.48. The Bertz CT molecular complexity index is 332. The van der Waals surface area contributed by atoms with Gasteiger partial charge in [0, 0.05) is 4.88 Å². The van der Waals surface area contributed by atoms with Crippen LogP contribution < -0.4 is 0 Å². The molecule has 0 spiro atoms. The monoisotopic (exact) mass is 207 g/mol. The zero-order chi connectivity index (χ0) is 9.60. The first kappa shape index (κ1) is 8.93. The maximum Gasteiger partial charge on any atom is 0.0554 e. The van der Waals surface area contributed by atoms with Crippen molar-refractivity contribution >= 4 is 11.3 Å². The van der Waals surface area contributed by atoms with Crippen molar-refractivity contribution in [2.24, 2.45) is 0 Å². The molecule has 3 heterocycles. The molecule has 1 aromatic rings. The van der Waals surface area contributed by atoms with Gasteiger partial charge in [0.1, 0.15) is 0 Å². The van der Waals surface area contributed by atoms with Crippen LogP contribution in [0, 0.1) is 6.92 Å². The highest BCUT2D eigenvalue weighted by molar-refractivity contribution is 7.10. The van der Waals surface area contributed by atoms with Crippen LogP contribution >= 0.6 is 11.3 Å². The zero-order valence-electron chi connectivity index (χ0n) is 8.75. The molecular formula is C12H17NS. The summed E-state index contributed by atoms with van der Waals surface area (Å²) in [6.07, 6.45) is 5.59. The maximum absolute atomic E-state index is 2.72. The van der Waals surface area contributed by atoms with Crippen LogP contribution in [0.15, 0.2) is 11.4 Å². The van der Waals surface area contributed by atoms with E-state index in [1.807, 2.05) is 11.3 Å². The van der Waals surface area contributed by atoms with E-state index in [-0.39, 0.29) is 0 Å². The van der Waals surface area contributed by atoms with Crippen LogP contribution in [0.1, 0.15) is 36.1 Å². The summed E-state index contributed by atoms with van der Waals surface area (Å²) < 4.78 is 0. The van der Waals surface area contributed by atoms with Crippen LogP contribution in [-0.2, 0) is 5.54 Å². The van der Waals surface area contributed by atoms with Crippen molar-refractivity contribution in [1.29, 1.82) is 0 Å². The summed E-state index contributed by atoms with van der Waals surface area (Å²) in [5.41, 5.74) is 1.91. The Balaban J connectivity index is 2.02. The summed E-state index contributed by atoms with van der Waals surface area (Å²) in [7, 11) is 0. The maximum atomic E-state index is 2.72. The van der Waals surface area contributed by atoms with Crippen LogP contribution in [0.5, 0.6) is 0 Å². The van der Waals surface area contributed by atoms with E-state index in [1.165, 1.54) is 44.3 Å². The van der Waals surface area contributed by atoms with Gasteiger partial charge in [0.15, 0.2) is 0 Å². The number of aryl methyl sites for hydroxylation is 1. The molecule has 1 nitrogen and oxygen atoms in total. The van der Waals surface area contributed by atoms with Gasteiger partial charge in [-0.1, -0.05) is 0 Å². The van der Waals surface area contributed by atoms with Gasteiger partial charge in [-0.15, -0.1) is 11.3 Å². The SMILES string of the molecule is Cc1csc(C23CCCN2CCC3)c1. The molecule has 2 heteroatoms. The number of thiophene rings is 1. The van der Waals surface area contributed by atoms with Gasteiger partial charge in [-0.3, -0.25) is 4.90 Å². The second-order valence-electron chi connectivity index (χ2n) is 4.71. The molecule has 2 saturated heterocycles. The van der Waals surface area contributed by atoms with Crippen LogP contribution in [0.25, 0.3) is 0 Å². The fraction of sp³-hybridized carbons (Fsp3) is 0.667. The first-order chi connectivity index (χ1) is 6.81. The largest absolute Gasteiger partial charge is 0.293 e. The molecule has 0 aliphatic carbocycles. The van der Waals surface area contributed by atoms with Gasteiger partial charge in [-0.2, -0.15) is 0 Å². The lowest BCUT2D eigenvalue weighted by Gasteiger charge is -2.30. The van der Waals surface area contributed by atoms with Gasteiger partial charge in [0.05, 0.1) is 5.54 Å². The average molecular weight is 207 g/mol. The molecule has 0 radical (unpaired) electrons. The number of hydrogen-bond acceptors (Lipinski definition) is 2. The van der Waals surface area contributed by atoms with E-state index in [2.05, 4.69) is 23.3 Å². The van der Waals surface area contributed by atoms with Gasteiger partial charge in [-0.25, -0.2) is 0 Å². The standard InChI is InChI=1S/C12H17NS/c1-10-8-11(14-9-10)12-4-2-6-13(12)7-3-5-12/h8-9H,2-7H2,1H3. The number of hydrogen-bond donors (Lipinski definition) is 0. The van der Waals surface area contributed by atoms with Crippen LogP contribution in [0.3, 0.4) is 0 Å². The van der Waals surface area contributed by atoms with E-state index in [0.717, 1.165) is 0 Å². The Morgan fingerprint density at radius 1 is 1.29 bits per heavy atom. The Kier molecular flexibility index (Phi) is 1.96. The Morgan fingerprint density at radius 2 is 2.00 bits per heavy atom. The summed E-state index contributed by atoms with van der Waals surface area (Å²) in [6, 6.07) is 2.41. The normalized spacial score (nSPS) is 25.5. The van der Waals surface area contributed by atoms with Crippen molar-refractivity contribution in [1.82, 2.24) is 4.90 Å². The molecule has 0 atom stereocenters. The van der Waals surface area contributed by atoms with Crippen LogP contribution in [0.2, 0.25) is 0 Å². The highest BCUT2D eigenvalue weighted by Gasteiger charge is 2.46. The minimum absolute atomic E-state index is 0.471. The van der Waals surface area contributed by atoms with Gasteiger partial charge in [0.2, 0.25) is 0 Å². The predicted molar refractivity (Wildman–Crippen MR) is 60.8 cm³/mol. The summed E-state index contributed by atoms with van der Waals surface area (Å²) in [6.45, 7) is 4.87. The average Bonchev–Trinajstić information content (AvgIpc) is 2.75. The molecule has 14 heavy (non-hydrogen) atoms. The van der Waals surface area contributed by atoms with E-state index < -0.39 is 0 Å². The second kappa shape index (κ2) is 3.07. The van der Waals surface area contributed by atoms with E-state index in [1.54, 1.807) is 4.88 Å². The highest BCUT2D eigenvalue weighted by atomic mass is 32.1. The number of nitrogens with zero attached hydrogens (tertiary/aromatic N) is 1. The minimum atomic E-state index is 0.471. The van der Waals surface area contributed by atoms with Crippen molar-refractivity contribution in [3.63, 3.8) is 0 Å². The Hall–Kier alpha value is -0.340. The molecule has 3 rings (SSSR count). The molecule has 0 amide bonds. The molecule has 0 bridgehead atoms.